The Bertz CT molecular complexity index is 578. The third-order valence-electron chi connectivity index (χ3n) is 4.82. The summed E-state index contributed by atoms with van der Waals surface area (Å²) in [5.41, 5.74) is 2.01. The topological polar surface area (TPSA) is 12.0 Å². The maximum absolute atomic E-state index is 3.79. The first-order valence-corrected chi connectivity index (χ1v) is 7.93. The average Bonchev–Trinajstić information content (AvgIpc) is 3.22. The summed E-state index contributed by atoms with van der Waals surface area (Å²) >= 11 is 0. The van der Waals surface area contributed by atoms with Crippen LogP contribution in [-0.4, -0.2) is 12.6 Å². The van der Waals surface area contributed by atoms with Gasteiger partial charge in [0, 0.05) is 6.04 Å². The van der Waals surface area contributed by atoms with Crippen molar-refractivity contribution in [3.63, 3.8) is 0 Å². The van der Waals surface area contributed by atoms with Crippen LogP contribution in [0.3, 0.4) is 0 Å². The van der Waals surface area contributed by atoms with Crippen molar-refractivity contribution >= 4 is 10.8 Å². The van der Waals surface area contributed by atoms with Gasteiger partial charge in [-0.05, 0) is 54.0 Å². The van der Waals surface area contributed by atoms with Crippen molar-refractivity contribution in [1.29, 1.82) is 0 Å². The fourth-order valence-electron chi connectivity index (χ4n) is 3.12. The Morgan fingerprint density at radius 1 is 1.10 bits per heavy atom. The Morgan fingerprint density at radius 3 is 2.60 bits per heavy atom. The second-order valence-corrected chi connectivity index (χ2v) is 6.50. The molecule has 0 amide bonds. The number of rotatable bonds is 6. The zero-order valence-electron chi connectivity index (χ0n) is 12.7. The first kappa shape index (κ1) is 13.6. The quantitative estimate of drug-likeness (QED) is 0.809. The summed E-state index contributed by atoms with van der Waals surface area (Å²) in [6.45, 7) is 5.81. The maximum atomic E-state index is 3.79. The highest BCUT2D eigenvalue weighted by atomic mass is 14.9. The maximum Gasteiger partial charge on any atom is 0.0161 e. The second kappa shape index (κ2) is 5.57. The average molecular weight is 267 g/mol. The standard InChI is InChI=1S/C19H25N/c1-3-13-20-18(19(2)11-12-19)14-16-9-6-8-15-7-4-5-10-17(15)16/h4-10,18,20H,3,11-14H2,1-2H3. The normalized spacial score (nSPS) is 18.1. The lowest BCUT2D eigenvalue weighted by Gasteiger charge is -2.25. The molecule has 1 nitrogen and oxygen atoms in total. The molecule has 106 valence electrons. The van der Waals surface area contributed by atoms with Gasteiger partial charge in [-0.25, -0.2) is 0 Å². The fourth-order valence-corrected chi connectivity index (χ4v) is 3.12. The zero-order chi connectivity index (χ0) is 14.0. The van der Waals surface area contributed by atoms with E-state index >= 15 is 0 Å². The molecule has 0 aliphatic heterocycles. The lowest BCUT2D eigenvalue weighted by Crippen LogP contribution is -2.38. The van der Waals surface area contributed by atoms with Crippen molar-refractivity contribution in [1.82, 2.24) is 5.32 Å². The number of fused-ring (bicyclic) bond motifs is 1. The Hall–Kier alpha value is -1.34. The van der Waals surface area contributed by atoms with Crippen LogP contribution in [0.4, 0.5) is 0 Å². The summed E-state index contributed by atoms with van der Waals surface area (Å²) < 4.78 is 0. The van der Waals surface area contributed by atoms with E-state index < -0.39 is 0 Å². The molecule has 1 heteroatoms. The van der Waals surface area contributed by atoms with Gasteiger partial charge in [-0.2, -0.15) is 0 Å². The molecule has 0 radical (unpaired) electrons. The van der Waals surface area contributed by atoms with E-state index in [0.29, 0.717) is 11.5 Å². The summed E-state index contributed by atoms with van der Waals surface area (Å²) in [5, 5.41) is 6.57. The molecule has 1 saturated carbocycles. The van der Waals surface area contributed by atoms with Gasteiger partial charge in [-0.3, -0.25) is 0 Å². The Kier molecular flexibility index (Phi) is 3.80. The van der Waals surface area contributed by atoms with Crippen LogP contribution in [0.1, 0.15) is 38.7 Å². The summed E-state index contributed by atoms with van der Waals surface area (Å²) in [7, 11) is 0. The Balaban J connectivity index is 1.86. The minimum atomic E-state index is 0.520. The molecule has 3 rings (SSSR count). The van der Waals surface area contributed by atoms with Crippen LogP contribution >= 0.6 is 0 Å². The predicted molar refractivity (Wildman–Crippen MR) is 87.1 cm³/mol. The van der Waals surface area contributed by atoms with Gasteiger partial charge in [0.2, 0.25) is 0 Å². The highest BCUT2D eigenvalue weighted by molar-refractivity contribution is 5.85. The summed E-state index contributed by atoms with van der Waals surface area (Å²) in [5.74, 6) is 0. The van der Waals surface area contributed by atoms with E-state index in [1.165, 1.54) is 35.6 Å². The third kappa shape index (κ3) is 2.73. The highest BCUT2D eigenvalue weighted by Gasteiger charge is 2.44. The lowest BCUT2D eigenvalue weighted by atomic mass is 9.90. The van der Waals surface area contributed by atoms with E-state index in [-0.39, 0.29) is 0 Å². The minimum Gasteiger partial charge on any atom is -0.313 e. The number of benzene rings is 2. The Labute approximate surface area is 122 Å². The molecule has 0 aromatic heterocycles. The molecule has 2 aromatic rings. The number of hydrogen-bond acceptors (Lipinski definition) is 1. The van der Waals surface area contributed by atoms with Gasteiger partial charge in [-0.1, -0.05) is 56.3 Å². The van der Waals surface area contributed by atoms with Gasteiger partial charge in [-0.15, -0.1) is 0 Å². The van der Waals surface area contributed by atoms with Crippen LogP contribution in [0, 0.1) is 5.41 Å². The summed E-state index contributed by atoms with van der Waals surface area (Å²) in [6, 6.07) is 16.1. The molecule has 1 aliphatic carbocycles. The molecule has 0 spiro atoms. The molecule has 1 fully saturated rings. The van der Waals surface area contributed by atoms with Gasteiger partial charge in [0.15, 0.2) is 0 Å². The third-order valence-corrected chi connectivity index (χ3v) is 4.82. The number of nitrogens with one attached hydrogen (secondary N) is 1. The molecule has 0 saturated heterocycles. The van der Waals surface area contributed by atoms with Crippen molar-refractivity contribution < 1.29 is 0 Å². The van der Waals surface area contributed by atoms with Crippen molar-refractivity contribution in [2.75, 3.05) is 6.54 Å². The van der Waals surface area contributed by atoms with Crippen molar-refractivity contribution in [3.05, 3.63) is 48.0 Å². The molecular weight excluding hydrogens is 242 g/mol. The molecular formula is C19H25N. The van der Waals surface area contributed by atoms with Crippen LogP contribution in [0.25, 0.3) is 10.8 Å². The van der Waals surface area contributed by atoms with Crippen molar-refractivity contribution in [3.8, 4) is 0 Å². The minimum absolute atomic E-state index is 0.520. The Morgan fingerprint density at radius 2 is 1.85 bits per heavy atom. The van der Waals surface area contributed by atoms with Crippen LogP contribution in [0.15, 0.2) is 42.5 Å². The summed E-state index contributed by atoms with van der Waals surface area (Å²) in [6.07, 6.45) is 5.11. The zero-order valence-corrected chi connectivity index (χ0v) is 12.7. The fraction of sp³-hybridized carbons (Fsp3) is 0.474. The van der Waals surface area contributed by atoms with E-state index in [2.05, 4.69) is 61.6 Å². The smallest absolute Gasteiger partial charge is 0.0161 e. The molecule has 1 N–H and O–H groups in total. The first-order chi connectivity index (χ1) is 9.73. The van der Waals surface area contributed by atoms with E-state index in [1.807, 2.05) is 0 Å². The van der Waals surface area contributed by atoms with E-state index in [9.17, 15) is 0 Å². The highest BCUT2D eigenvalue weighted by Crippen LogP contribution is 2.49. The molecule has 2 aromatic carbocycles. The first-order valence-electron chi connectivity index (χ1n) is 7.93. The van der Waals surface area contributed by atoms with Gasteiger partial charge in [0.1, 0.15) is 0 Å². The van der Waals surface area contributed by atoms with Crippen LogP contribution < -0.4 is 5.32 Å². The SMILES string of the molecule is CCCNC(Cc1cccc2ccccc12)C1(C)CC1. The van der Waals surface area contributed by atoms with Crippen LogP contribution in [0.2, 0.25) is 0 Å². The van der Waals surface area contributed by atoms with Crippen LogP contribution in [-0.2, 0) is 6.42 Å². The number of hydrogen-bond donors (Lipinski definition) is 1. The molecule has 20 heavy (non-hydrogen) atoms. The van der Waals surface area contributed by atoms with Gasteiger partial charge >= 0.3 is 0 Å². The van der Waals surface area contributed by atoms with Gasteiger partial charge in [0.05, 0.1) is 0 Å². The van der Waals surface area contributed by atoms with E-state index in [0.717, 1.165) is 13.0 Å². The monoisotopic (exact) mass is 267 g/mol. The predicted octanol–water partition coefficient (Wildman–Crippen LogP) is 4.55. The molecule has 1 atom stereocenters. The lowest BCUT2D eigenvalue weighted by molar-refractivity contribution is 0.355. The van der Waals surface area contributed by atoms with Crippen molar-refractivity contribution in [2.24, 2.45) is 5.41 Å². The summed E-state index contributed by atoms with van der Waals surface area (Å²) in [4.78, 5) is 0. The van der Waals surface area contributed by atoms with Crippen LogP contribution in [0.5, 0.6) is 0 Å². The second-order valence-electron chi connectivity index (χ2n) is 6.50. The largest absolute Gasteiger partial charge is 0.313 e. The van der Waals surface area contributed by atoms with E-state index in [4.69, 9.17) is 0 Å². The van der Waals surface area contributed by atoms with Crippen molar-refractivity contribution in [2.45, 2.75) is 45.6 Å². The van der Waals surface area contributed by atoms with Gasteiger partial charge < -0.3 is 5.32 Å². The van der Waals surface area contributed by atoms with Gasteiger partial charge in [0.25, 0.3) is 0 Å². The molecule has 0 heterocycles. The van der Waals surface area contributed by atoms with E-state index in [1.54, 1.807) is 0 Å². The molecule has 0 bridgehead atoms. The molecule has 1 aliphatic rings. The molecule has 1 unspecified atom stereocenters.